The van der Waals surface area contributed by atoms with Crippen molar-refractivity contribution < 1.29 is 9.84 Å². The summed E-state index contributed by atoms with van der Waals surface area (Å²) in [4.78, 5) is 0. The topological polar surface area (TPSA) is 41.5 Å². The predicted octanol–water partition coefficient (Wildman–Crippen LogP) is 3.78. The number of aryl methyl sites for hydroxylation is 1. The lowest BCUT2D eigenvalue weighted by Gasteiger charge is -2.12. The highest BCUT2D eigenvalue weighted by Gasteiger charge is 2.03. The SMILES string of the molecule is Cc1cc(Oc2ccc(CO)cc2)ccc1CNC(C)C. The van der Waals surface area contributed by atoms with Crippen molar-refractivity contribution in [2.45, 2.75) is 40.0 Å². The van der Waals surface area contributed by atoms with Gasteiger partial charge in [-0.05, 0) is 47.9 Å². The van der Waals surface area contributed by atoms with Gasteiger partial charge in [0.15, 0.2) is 0 Å². The monoisotopic (exact) mass is 285 g/mol. The number of hydrogen-bond acceptors (Lipinski definition) is 3. The minimum Gasteiger partial charge on any atom is -0.457 e. The van der Waals surface area contributed by atoms with Crippen molar-refractivity contribution in [2.75, 3.05) is 0 Å². The van der Waals surface area contributed by atoms with E-state index < -0.39 is 0 Å². The minimum atomic E-state index is 0.0525. The zero-order valence-corrected chi connectivity index (χ0v) is 12.9. The van der Waals surface area contributed by atoms with Crippen LogP contribution in [-0.4, -0.2) is 11.1 Å². The zero-order valence-electron chi connectivity index (χ0n) is 12.9. The Kier molecular flexibility index (Phi) is 5.37. The summed E-state index contributed by atoms with van der Waals surface area (Å²) in [7, 11) is 0. The van der Waals surface area contributed by atoms with Crippen LogP contribution in [0.5, 0.6) is 11.5 Å². The van der Waals surface area contributed by atoms with Crippen LogP contribution in [0.1, 0.15) is 30.5 Å². The van der Waals surface area contributed by atoms with Crippen LogP contribution in [0.2, 0.25) is 0 Å². The van der Waals surface area contributed by atoms with E-state index in [1.807, 2.05) is 30.3 Å². The van der Waals surface area contributed by atoms with Crippen LogP contribution in [0, 0.1) is 6.92 Å². The molecule has 3 nitrogen and oxygen atoms in total. The second-order valence-corrected chi connectivity index (χ2v) is 5.53. The van der Waals surface area contributed by atoms with Gasteiger partial charge in [-0.3, -0.25) is 0 Å². The van der Waals surface area contributed by atoms with Crippen molar-refractivity contribution in [3.8, 4) is 11.5 Å². The van der Waals surface area contributed by atoms with Crippen molar-refractivity contribution >= 4 is 0 Å². The first-order chi connectivity index (χ1) is 10.1. The van der Waals surface area contributed by atoms with Crippen molar-refractivity contribution in [2.24, 2.45) is 0 Å². The number of benzene rings is 2. The van der Waals surface area contributed by atoms with Crippen LogP contribution in [-0.2, 0) is 13.2 Å². The van der Waals surface area contributed by atoms with Crippen LogP contribution in [0.4, 0.5) is 0 Å². The lowest BCUT2D eigenvalue weighted by molar-refractivity contribution is 0.281. The standard InChI is InChI=1S/C18H23NO2/c1-13(2)19-11-16-6-9-18(10-14(16)3)21-17-7-4-15(12-20)5-8-17/h4-10,13,19-20H,11-12H2,1-3H3. The average molecular weight is 285 g/mol. The maximum absolute atomic E-state index is 9.03. The maximum Gasteiger partial charge on any atom is 0.127 e. The molecular weight excluding hydrogens is 262 g/mol. The Hall–Kier alpha value is -1.84. The Morgan fingerprint density at radius 1 is 1.05 bits per heavy atom. The highest BCUT2D eigenvalue weighted by Crippen LogP contribution is 2.24. The second-order valence-electron chi connectivity index (χ2n) is 5.53. The van der Waals surface area contributed by atoms with Crippen molar-refractivity contribution in [3.05, 3.63) is 59.2 Å². The Balaban J connectivity index is 2.05. The fraction of sp³-hybridized carbons (Fsp3) is 0.333. The van der Waals surface area contributed by atoms with E-state index in [0.29, 0.717) is 6.04 Å². The van der Waals surface area contributed by atoms with Gasteiger partial charge in [-0.2, -0.15) is 0 Å². The van der Waals surface area contributed by atoms with Gasteiger partial charge in [0, 0.05) is 12.6 Å². The van der Waals surface area contributed by atoms with E-state index in [2.05, 4.69) is 38.2 Å². The quantitative estimate of drug-likeness (QED) is 0.848. The van der Waals surface area contributed by atoms with Crippen molar-refractivity contribution in [3.63, 3.8) is 0 Å². The molecule has 2 aromatic rings. The summed E-state index contributed by atoms with van der Waals surface area (Å²) in [6.45, 7) is 7.30. The molecule has 0 unspecified atom stereocenters. The summed E-state index contributed by atoms with van der Waals surface area (Å²) < 4.78 is 5.84. The number of ether oxygens (including phenoxy) is 1. The number of aliphatic hydroxyl groups excluding tert-OH is 1. The zero-order chi connectivity index (χ0) is 15.2. The van der Waals surface area contributed by atoms with E-state index in [0.717, 1.165) is 23.6 Å². The molecule has 2 aromatic carbocycles. The van der Waals surface area contributed by atoms with Gasteiger partial charge in [0.2, 0.25) is 0 Å². The minimum absolute atomic E-state index is 0.0525. The Bertz CT molecular complexity index is 576. The number of rotatable bonds is 6. The molecule has 2 rings (SSSR count). The van der Waals surface area contributed by atoms with Crippen LogP contribution < -0.4 is 10.1 Å². The molecule has 0 aromatic heterocycles. The van der Waals surface area contributed by atoms with Gasteiger partial charge in [0.25, 0.3) is 0 Å². The highest BCUT2D eigenvalue weighted by molar-refractivity contribution is 5.38. The van der Waals surface area contributed by atoms with Crippen LogP contribution in [0.3, 0.4) is 0 Å². The third kappa shape index (κ3) is 4.59. The number of hydrogen-bond donors (Lipinski definition) is 2. The molecule has 0 heterocycles. The Morgan fingerprint density at radius 3 is 2.29 bits per heavy atom. The fourth-order valence-electron chi connectivity index (χ4n) is 2.04. The third-order valence-electron chi connectivity index (χ3n) is 3.36. The summed E-state index contributed by atoms with van der Waals surface area (Å²) >= 11 is 0. The van der Waals surface area contributed by atoms with Gasteiger partial charge in [-0.15, -0.1) is 0 Å². The van der Waals surface area contributed by atoms with E-state index in [9.17, 15) is 0 Å². The van der Waals surface area contributed by atoms with E-state index in [4.69, 9.17) is 9.84 Å². The molecule has 0 bridgehead atoms. The average Bonchev–Trinajstić information content (AvgIpc) is 2.47. The van der Waals surface area contributed by atoms with Gasteiger partial charge < -0.3 is 15.2 Å². The van der Waals surface area contributed by atoms with Gasteiger partial charge >= 0.3 is 0 Å². The summed E-state index contributed by atoms with van der Waals surface area (Å²) in [6, 6.07) is 14.1. The van der Waals surface area contributed by atoms with Gasteiger partial charge in [0.1, 0.15) is 11.5 Å². The smallest absolute Gasteiger partial charge is 0.127 e. The molecular formula is C18H23NO2. The molecule has 0 amide bonds. The van der Waals surface area contributed by atoms with Gasteiger partial charge in [0.05, 0.1) is 6.61 Å². The Labute approximate surface area is 126 Å². The molecule has 0 spiro atoms. The molecule has 21 heavy (non-hydrogen) atoms. The lowest BCUT2D eigenvalue weighted by Crippen LogP contribution is -2.22. The number of aliphatic hydroxyl groups is 1. The molecule has 3 heteroatoms. The molecule has 0 radical (unpaired) electrons. The molecule has 0 saturated heterocycles. The lowest BCUT2D eigenvalue weighted by atomic mass is 10.1. The first-order valence-corrected chi connectivity index (χ1v) is 7.29. The molecule has 0 aliphatic heterocycles. The second kappa shape index (κ2) is 7.25. The largest absolute Gasteiger partial charge is 0.457 e. The van der Waals surface area contributed by atoms with E-state index >= 15 is 0 Å². The first-order valence-electron chi connectivity index (χ1n) is 7.29. The van der Waals surface area contributed by atoms with E-state index in [-0.39, 0.29) is 6.61 Å². The molecule has 0 fully saturated rings. The molecule has 0 aliphatic rings. The first kappa shape index (κ1) is 15.5. The summed E-state index contributed by atoms with van der Waals surface area (Å²) in [5.74, 6) is 1.61. The molecule has 112 valence electrons. The van der Waals surface area contributed by atoms with Crippen LogP contribution in [0.25, 0.3) is 0 Å². The van der Waals surface area contributed by atoms with Crippen molar-refractivity contribution in [1.29, 1.82) is 0 Å². The summed E-state index contributed by atoms with van der Waals surface area (Å²) in [5, 5.41) is 12.4. The van der Waals surface area contributed by atoms with Gasteiger partial charge in [-0.25, -0.2) is 0 Å². The fourth-order valence-corrected chi connectivity index (χ4v) is 2.04. The number of nitrogens with one attached hydrogen (secondary N) is 1. The normalized spacial score (nSPS) is 10.9. The Morgan fingerprint density at radius 2 is 1.71 bits per heavy atom. The molecule has 0 atom stereocenters. The molecule has 0 aliphatic carbocycles. The maximum atomic E-state index is 9.03. The van der Waals surface area contributed by atoms with E-state index in [1.165, 1.54) is 11.1 Å². The molecule has 2 N–H and O–H groups in total. The predicted molar refractivity (Wildman–Crippen MR) is 85.6 cm³/mol. The molecule has 0 saturated carbocycles. The highest BCUT2D eigenvalue weighted by atomic mass is 16.5. The van der Waals surface area contributed by atoms with Crippen LogP contribution >= 0.6 is 0 Å². The van der Waals surface area contributed by atoms with Crippen LogP contribution in [0.15, 0.2) is 42.5 Å². The van der Waals surface area contributed by atoms with Crippen molar-refractivity contribution in [1.82, 2.24) is 5.32 Å². The van der Waals surface area contributed by atoms with Gasteiger partial charge in [-0.1, -0.05) is 32.0 Å². The third-order valence-corrected chi connectivity index (χ3v) is 3.36. The summed E-state index contributed by atoms with van der Waals surface area (Å²) in [6.07, 6.45) is 0. The van der Waals surface area contributed by atoms with E-state index in [1.54, 1.807) is 0 Å². The summed E-state index contributed by atoms with van der Waals surface area (Å²) in [5.41, 5.74) is 3.38.